The van der Waals surface area contributed by atoms with Gasteiger partial charge in [-0.1, -0.05) is 28.1 Å². The predicted octanol–water partition coefficient (Wildman–Crippen LogP) is 4.54. The lowest BCUT2D eigenvalue weighted by Crippen LogP contribution is -2.20. The highest BCUT2D eigenvalue weighted by atomic mass is 79.9. The number of nitriles is 1. The van der Waals surface area contributed by atoms with E-state index in [4.69, 9.17) is 23.1 Å². The summed E-state index contributed by atoms with van der Waals surface area (Å²) >= 11 is 3.37. The molecule has 0 aliphatic carbocycles. The van der Waals surface area contributed by atoms with E-state index in [0.29, 0.717) is 5.57 Å². The van der Waals surface area contributed by atoms with Gasteiger partial charge in [-0.2, -0.15) is 0 Å². The first-order valence-electron chi connectivity index (χ1n) is 6.04. The van der Waals surface area contributed by atoms with Crippen LogP contribution in [-0.2, 0) is 4.74 Å². The molecule has 0 unspecified atom stereocenters. The second-order valence-corrected chi connectivity index (χ2v) is 5.77. The van der Waals surface area contributed by atoms with Gasteiger partial charge in [0.25, 0.3) is 5.70 Å². The van der Waals surface area contributed by atoms with Gasteiger partial charge in [-0.3, -0.25) is 0 Å². The lowest BCUT2D eigenvalue weighted by atomic mass is 9.91. The van der Waals surface area contributed by atoms with Gasteiger partial charge in [-0.05, 0) is 31.5 Å². The normalized spacial score (nSPS) is 18.3. The van der Waals surface area contributed by atoms with Gasteiger partial charge >= 0.3 is 0 Å². The molecule has 0 bridgehead atoms. The molecule has 0 saturated carbocycles. The van der Waals surface area contributed by atoms with Crippen molar-refractivity contribution in [3.63, 3.8) is 0 Å². The molecule has 21 heavy (non-hydrogen) atoms. The summed E-state index contributed by atoms with van der Waals surface area (Å²) in [5.41, 5.74) is 0.800. The van der Waals surface area contributed by atoms with Crippen molar-refractivity contribution in [1.29, 1.82) is 5.26 Å². The monoisotopic (exact) mass is 339 g/mol. The molecule has 0 spiro atoms. The average Bonchev–Trinajstić information content (AvgIpc) is 2.72. The molecule has 1 aliphatic heterocycles. The van der Waals surface area contributed by atoms with E-state index in [0.717, 1.165) is 10.0 Å². The third-order valence-corrected chi connectivity index (χ3v) is 3.62. The molecular formula is C16H10BrN3O. The van der Waals surface area contributed by atoms with Crippen LogP contribution in [0.3, 0.4) is 0 Å². The van der Waals surface area contributed by atoms with Gasteiger partial charge in [0.1, 0.15) is 11.4 Å². The Labute approximate surface area is 131 Å². The van der Waals surface area contributed by atoms with Gasteiger partial charge in [0.15, 0.2) is 0 Å². The van der Waals surface area contributed by atoms with Crippen LogP contribution in [0.2, 0.25) is 0 Å². The van der Waals surface area contributed by atoms with E-state index in [1.165, 1.54) is 0 Å². The van der Waals surface area contributed by atoms with Crippen molar-refractivity contribution >= 4 is 21.5 Å². The Bertz CT molecular complexity index is 765. The quantitative estimate of drug-likeness (QED) is 0.556. The number of allylic oxidation sites excluding steroid dienone is 1. The Hall–Kier alpha value is -2.55. The average molecular weight is 340 g/mol. The number of hydrogen-bond acceptors (Lipinski definition) is 2. The molecule has 0 aromatic heterocycles. The second-order valence-electron chi connectivity index (χ2n) is 4.86. The smallest absolute Gasteiger partial charge is 0.292 e. The van der Waals surface area contributed by atoms with Crippen LogP contribution in [0, 0.1) is 24.5 Å². The maximum absolute atomic E-state index is 9.03. The SMILES string of the molecule is [C-]#[N+]C(C#N)=C1OC(C)(C)C(c2ccc(Br)cc2)=C1[N+]#[C-]. The maximum atomic E-state index is 9.03. The summed E-state index contributed by atoms with van der Waals surface area (Å²) in [7, 11) is 0. The van der Waals surface area contributed by atoms with Gasteiger partial charge in [-0.15, -0.1) is 0 Å². The van der Waals surface area contributed by atoms with Crippen molar-refractivity contribution in [2.24, 2.45) is 0 Å². The van der Waals surface area contributed by atoms with E-state index < -0.39 is 5.60 Å². The van der Waals surface area contributed by atoms with Crippen molar-refractivity contribution in [1.82, 2.24) is 0 Å². The fraction of sp³-hybridized carbons (Fsp3) is 0.188. The summed E-state index contributed by atoms with van der Waals surface area (Å²) in [6, 6.07) is 9.30. The molecule has 4 nitrogen and oxygen atoms in total. The first kappa shape index (κ1) is 14.9. The number of ether oxygens (including phenoxy) is 1. The molecule has 1 heterocycles. The zero-order valence-electron chi connectivity index (χ0n) is 11.4. The molecule has 5 heteroatoms. The molecule has 2 rings (SSSR count). The van der Waals surface area contributed by atoms with E-state index in [-0.39, 0.29) is 17.2 Å². The Morgan fingerprint density at radius 1 is 1.29 bits per heavy atom. The summed E-state index contributed by atoms with van der Waals surface area (Å²) in [5.74, 6) is 0.0745. The highest BCUT2D eigenvalue weighted by Crippen LogP contribution is 2.45. The van der Waals surface area contributed by atoms with Gasteiger partial charge in [0.2, 0.25) is 5.70 Å². The van der Waals surface area contributed by atoms with Crippen LogP contribution in [0.4, 0.5) is 0 Å². The molecule has 0 amide bonds. The van der Waals surface area contributed by atoms with E-state index in [9.17, 15) is 0 Å². The molecule has 1 aromatic rings. The van der Waals surface area contributed by atoms with Crippen LogP contribution >= 0.6 is 15.9 Å². The number of benzene rings is 1. The number of rotatable bonds is 1. The second kappa shape index (κ2) is 5.44. The Morgan fingerprint density at radius 3 is 2.38 bits per heavy atom. The molecule has 0 radical (unpaired) electrons. The predicted molar refractivity (Wildman–Crippen MR) is 82.1 cm³/mol. The van der Waals surface area contributed by atoms with Gasteiger partial charge in [0, 0.05) is 10.0 Å². The van der Waals surface area contributed by atoms with E-state index in [2.05, 4.69) is 25.6 Å². The Balaban J connectivity index is 2.76. The third kappa shape index (κ3) is 2.55. The minimum absolute atomic E-state index is 0.0745. The summed E-state index contributed by atoms with van der Waals surface area (Å²) in [6.07, 6.45) is 0. The molecule has 0 saturated heterocycles. The lowest BCUT2D eigenvalue weighted by Gasteiger charge is -2.24. The van der Waals surface area contributed by atoms with Crippen molar-refractivity contribution < 1.29 is 4.74 Å². The first-order valence-corrected chi connectivity index (χ1v) is 6.83. The van der Waals surface area contributed by atoms with Crippen LogP contribution in [0.15, 0.2) is 45.9 Å². The van der Waals surface area contributed by atoms with Crippen molar-refractivity contribution in [3.05, 3.63) is 74.3 Å². The minimum atomic E-state index is -0.768. The van der Waals surface area contributed by atoms with Crippen molar-refractivity contribution in [2.75, 3.05) is 0 Å². The Morgan fingerprint density at radius 2 is 1.90 bits per heavy atom. The highest BCUT2D eigenvalue weighted by molar-refractivity contribution is 9.10. The fourth-order valence-electron chi connectivity index (χ4n) is 2.25. The van der Waals surface area contributed by atoms with Crippen LogP contribution in [-0.4, -0.2) is 5.60 Å². The van der Waals surface area contributed by atoms with Crippen LogP contribution in [0.1, 0.15) is 19.4 Å². The highest BCUT2D eigenvalue weighted by Gasteiger charge is 2.40. The summed E-state index contributed by atoms with van der Waals surface area (Å²) in [4.78, 5) is 6.66. The number of halogens is 1. The van der Waals surface area contributed by atoms with E-state index in [1.807, 2.05) is 38.1 Å². The zero-order valence-corrected chi connectivity index (χ0v) is 13.0. The van der Waals surface area contributed by atoms with E-state index in [1.54, 1.807) is 6.07 Å². The Kier molecular flexibility index (Phi) is 3.85. The van der Waals surface area contributed by atoms with Gasteiger partial charge in [-0.25, -0.2) is 15.0 Å². The number of nitrogens with zero attached hydrogens (tertiary/aromatic N) is 3. The molecule has 1 aliphatic rings. The van der Waals surface area contributed by atoms with Crippen LogP contribution in [0.5, 0.6) is 0 Å². The summed E-state index contributed by atoms with van der Waals surface area (Å²) < 4.78 is 6.67. The molecular weight excluding hydrogens is 330 g/mol. The van der Waals surface area contributed by atoms with Crippen molar-refractivity contribution in [3.8, 4) is 6.07 Å². The minimum Gasteiger partial charge on any atom is -0.505 e. The van der Waals surface area contributed by atoms with E-state index >= 15 is 0 Å². The summed E-state index contributed by atoms with van der Waals surface area (Å²) in [5, 5.41) is 9.03. The largest absolute Gasteiger partial charge is 0.505 e. The maximum Gasteiger partial charge on any atom is 0.292 e. The standard InChI is InChI=1S/C16H10BrN3O/c1-16(2)13(10-5-7-11(17)8-6-10)14(20-4)15(21-16)12(9-18)19-3/h5-8H,1-2H3. The topological polar surface area (TPSA) is 41.7 Å². The molecule has 0 fully saturated rings. The van der Waals surface area contributed by atoms with Crippen LogP contribution < -0.4 is 0 Å². The molecule has 0 N–H and O–H groups in total. The van der Waals surface area contributed by atoms with Crippen LogP contribution in [0.25, 0.3) is 15.3 Å². The van der Waals surface area contributed by atoms with Crippen molar-refractivity contribution in [2.45, 2.75) is 19.4 Å². The first-order chi connectivity index (χ1) is 9.94. The zero-order chi connectivity index (χ0) is 15.6. The third-order valence-electron chi connectivity index (χ3n) is 3.09. The fourth-order valence-corrected chi connectivity index (χ4v) is 2.51. The molecule has 0 atom stereocenters. The summed E-state index contributed by atoms with van der Waals surface area (Å²) in [6.45, 7) is 18.1. The van der Waals surface area contributed by atoms with Gasteiger partial charge in [0.05, 0.1) is 19.2 Å². The molecule has 1 aromatic carbocycles. The lowest BCUT2D eigenvalue weighted by molar-refractivity contribution is 0.109. The van der Waals surface area contributed by atoms with Gasteiger partial charge < -0.3 is 4.74 Å². The molecule has 102 valence electrons. The number of hydrogen-bond donors (Lipinski definition) is 0.